The molecule has 0 bridgehead atoms. The molecule has 0 spiro atoms. The largest absolute Gasteiger partial charge is 0.444 e. The summed E-state index contributed by atoms with van der Waals surface area (Å²) in [4.78, 5) is 26.8. The first-order valence-electron chi connectivity index (χ1n) is 19.7. The van der Waals surface area contributed by atoms with Crippen LogP contribution >= 0.6 is 0 Å². The lowest BCUT2D eigenvalue weighted by atomic mass is 10.0. The van der Waals surface area contributed by atoms with E-state index < -0.39 is 11.7 Å². The molecule has 0 fully saturated rings. The van der Waals surface area contributed by atoms with Crippen molar-refractivity contribution in [3.05, 3.63) is 0 Å². The van der Waals surface area contributed by atoms with Gasteiger partial charge in [0, 0.05) is 19.6 Å². The van der Waals surface area contributed by atoms with Gasteiger partial charge in [-0.3, -0.25) is 4.79 Å². The van der Waals surface area contributed by atoms with Crippen molar-refractivity contribution >= 4 is 12.0 Å². The lowest BCUT2D eigenvalue weighted by Gasteiger charge is -2.23. The van der Waals surface area contributed by atoms with Crippen LogP contribution in [0.3, 0.4) is 0 Å². The van der Waals surface area contributed by atoms with Crippen LogP contribution in [-0.4, -0.2) is 68.6 Å². The quantitative estimate of drug-likeness (QED) is 0.0699. The van der Waals surface area contributed by atoms with Gasteiger partial charge in [0.15, 0.2) is 0 Å². The standard InChI is InChI=1S/C39H78N2O5/c1-6-8-10-12-14-16-18-20-22-24-26-28-31-41(32-29-27-25-23-21-19-17-15-13-11-9-7-2)37(42)36-45-35-34-44-33-30-40-38(43)46-39(3,4)5/h6-36H2,1-5H3,(H,40,43). The predicted octanol–water partition coefficient (Wildman–Crippen LogP) is 10.8. The topological polar surface area (TPSA) is 77.1 Å². The smallest absolute Gasteiger partial charge is 0.407 e. The molecule has 7 nitrogen and oxygen atoms in total. The molecule has 0 heterocycles. The van der Waals surface area contributed by atoms with Crippen LogP contribution in [0.2, 0.25) is 0 Å². The predicted molar refractivity (Wildman–Crippen MR) is 195 cm³/mol. The van der Waals surface area contributed by atoms with E-state index in [1.54, 1.807) is 0 Å². The number of carbonyl (C=O) groups is 2. The van der Waals surface area contributed by atoms with Crippen LogP contribution in [0.1, 0.15) is 189 Å². The average molecular weight is 655 g/mol. The van der Waals surface area contributed by atoms with E-state index in [4.69, 9.17) is 14.2 Å². The maximum Gasteiger partial charge on any atom is 0.407 e. The minimum Gasteiger partial charge on any atom is -0.444 e. The SMILES string of the molecule is CCCCCCCCCCCCCCN(CCCCCCCCCCCCCC)C(=O)COCCOCCNC(=O)OC(C)(C)C. The van der Waals surface area contributed by atoms with Gasteiger partial charge >= 0.3 is 6.09 Å². The molecule has 0 atom stereocenters. The minimum absolute atomic E-state index is 0.0951. The van der Waals surface area contributed by atoms with Crippen molar-refractivity contribution < 1.29 is 23.8 Å². The van der Waals surface area contributed by atoms with Crippen LogP contribution < -0.4 is 5.32 Å². The van der Waals surface area contributed by atoms with Crippen molar-refractivity contribution in [2.24, 2.45) is 0 Å². The van der Waals surface area contributed by atoms with Crippen molar-refractivity contribution in [3.63, 3.8) is 0 Å². The minimum atomic E-state index is -0.515. The van der Waals surface area contributed by atoms with Gasteiger partial charge in [-0.2, -0.15) is 0 Å². The molecule has 0 aromatic heterocycles. The molecule has 0 aromatic carbocycles. The summed E-state index contributed by atoms with van der Waals surface area (Å²) >= 11 is 0. The molecule has 274 valence electrons. The fourth-order valence-electron chi connectivity index (χ4n) is 5.66. The summed E-state index contributed by atoms with van der Waals surface area (Å²) in [5, 5.41) is 2.67. The van der Waals surface area contributed by atoms with Crippen LogP contribution in [0.4, 0.5) is 4.79 Å². The highest BCUT2D eigenvalue weighted by Gasteiger charge is 2.16. The van der Waals surface area contributed by atoms with Gasteiger partial charge < -0.3 is 24.4 Å². The fraction of sp³-hybridized carbons (Fsp3) is 0.949. The second-order valence-electron chi connectivity index (χ2n) is 14.3. The summed E-state index contributed by atoms with van der Waals surface area (Å²) in [5.41, 5.74) is -0.515. The Hall–Kier alpha value is -1.34. The van der Waals surface area contributed by atoms with Crippen LogP contribution in [0, 0.1) is 0 Å². The molecule has 0 aliphatic heterocycles. The molecule has 0 aliphatic rings. The molecule has 7 heteroatoms. The van der Waals surface area contributed by atoms with E-state index in [2.05, 4.69) is 19.2 Å². The Bertz CT molecular complexity index is 639. The van der Waals surface area contributed by atoms with Crippen LogP contribution in [0.25, 0.3) is 0 Å². The highest BCUT2D eigenvalue weighted by Crippen LogP contribution is 2.14. The third kappa shape index (κ3) is 34.0. The molecule has 2 amide bonds. The number of ether oxygens (including phenoxy) is 3. The summed E-state index contributed by atoms with van der Waals surface area (Å²) in [5.74, 6) is 0.0951. The molecule has 0 aromatic rings. The molecular formula is C39H78N2O5. The van der Waals surface area contributed by atoms with E-state index in [1.807, 2.05) is 25.7 Å². The van der Waals surface area contributed by atoms with E-state index >= 15 is 0 Å². The number of unbranched alkanes of at least 4 members (excludes halogenated alkanes) is 22. The van der Waals surface area contributed by atoms with Gasteiger partial charge in [-0.1, -0.05) is 155 Å². The van der Waals surface area contributed by atoms with Crippen molar-refractivity contribution in [3.8, 4) is 0 Å². The Kier molecular flexibility index (Phi) is 32.6. The summed E-state index contributed by atoms with van der Waals surface area (Å²) in [6.07, 6.45) is 31.3. The normalized spacial score (nSPS) is 11.6. The van der Waals surface area contributed by atoms with Gasteiger partial charge in [-0.15, -0.1) is 0 Å². The molecule has 0 radical (unpaired) electrons. The van der Waals surface area contributed by atoms with Crippen LogP contribution in [0.5, 0.6) is 0 Å². The molecule has 0 saturated heterocycles. The maximum absolute atomic E-state index is 13.0. The van der Waals surface area contributed by atoms with Gasteiger partial charge in [-0.05, 0) is 33.6 Å². The molecule has 46 heavy (non-hydrogen) atoms. The van der Waals surface area contributed by atoms with Crippen molar-refractivity contribution in [2.75, 3.05) is 46.1 Å². The lowest BCUT2D eigenvalue weighted by molar-refractivity contribution is -0.136. The molecule has 1 N–H and O–H groups in total. The monoisotopic (exact) mass is 655 g/mol. The molecule has 0 unspecified atom stereocenters. The lowest BCUT2D eigenvalue weighted by Crippen LogP contribution is -2.36. The summed E-state index contributed by atoms with van der Waals surface area (Å²) in [7, 11) is 0. The van der Waals surface area contributed by atoms with E-state index in [1.165, 1.54) is 141 Å². The zero-order chi connectivity index (χ0) is 34.0. The van der Waals surface area contributed by atoms with Crippen molar-refractivity contribution in [1.29, 1.82) is 0 Å². The van der Waals surface area contributed by atoms with Gasteiger partial charge in [0.1, 0.15) is 12.2 Å². The maximum atomic E-state index is 13.0. The number of nitrogens with zero attached hydrogens (tertiary/aromatic N) is 1. The fourth-order valence-corrected chi connectivity index (χ4v) is 5.66. The molecule has 0 rings (SSSR count). The number of carbonyl (C=O) groups excluding carboxylic acids is 2. The number of amides is 2. The number of alkyl carbamates (subject to hydrolysis) is 1. The van der Waals surface area contributed by atoms with E-state index in [-0.39, 0.29) is 12.5 Å². The first-order valence-corrected chi connectivity index (χ1v) is 19.7. The zero-order valence-electron chi connectivity index (χ0n) is 31.4. The van der Waals surface area contributed by atoms with Gasteiger partial charge in [-0.25, -0.2) is 4.79 Å². The summed E-state index contributed by atoms with van der Waals surface area (Å²) in [6.45, 7) is 13.3. The third-order valence-corrected chi connectivity index (χ3v) is 8.43. The highest BCUT2D eigenvalue weighted by molar-refractivity contribution is 5.77. The van der Waals surface area contributed by atoms with Gasteiger partial charge in [0.25, 0.3) is 0 Å². The number of nitrogens with one attached hydrogen (secondary N) is 1. The Labute approximate surface area is 286 Å². The van der Waals surface area contributed by atoms with E-state index in [0.29, 0.717) is 26.4 Å². The van der Waals surface area contributed by atoms with Crippen LogP contribution in [0.15, 0.2) is 0 Å². The Morgan fingerprint density at radius 1 is 0.522 bits per heavy atom. The Morgan fingerprint density at radius 3 is 1.28 bits per heavy atom. The molecule has 0 aliphatic carbocycles. The second-order valence-corrected chi connectivity index (χ2v) is 14.3. The molecule has 0 saturated carbocycles. The summed E-state index contributed by atoms with van der Waals surface area (Å²) in [6, 6.07) is 0. The molecular weight excluding hydrogens is 576 g/mol. The van der Waals surface area contributed by atoms with Crippen LogP contribution in [-0.2, 0) is 19.0 Å². The summed E-state index contributed by atoms with van der Waals surface area (Å²) < 4.78 is 16.4. The van der Waals surface area contributed by atoms with Crippen molar-refractivity contribution in [2.45, 2.75) is 194 Å². The van der Waals surface area contributed by atoms with Crippen molar-refractivity contribution in [1.82, 2.24) is 10.2 Å². The Balaban J connectivity index is 4.16. The second kappa shape index (κ2) is 33.6. The average Bonchev–Trinajstić information content (AvgIpc) is 3.01. The zero-order valence-corrected chi connectivity index (χ0v) is 31.4. The number of hydrogen-bond donors (Lipinski definition) is 1. The van der Waals surface area contributed by atoms with Gasteiger partial charge in [0.2, 0.25) is 5.91 Å². The Morgan fingerprint density at radius 2 is 0.891 bits per heavy atom. The van der Waals surface area contributed by atoms with E-state index in [0.717, 1.165) is 25.9 Å². The highest BCUT2D eigenvalue weighted by atomic mass is 16.6. The first kappa shape index (κ1) is 44.7. The number of rotatable bonds is 34. The van der Waals surface area contributed by atoms with Gasteiger partial charge in [0.05, 0.1) is 19.8 Å². The number of hydrogen-bond acceptors (Lipinski definition) is 5. The third-order valence-electron chi connectivity index (χ3n) is 8.43. The van der Waals surface area contributed by atoms with E-state index in [9.17, 15) is 9.59 Å². The first-order chi connectivity index (χ1) is 22.3.